The highest BCUT2D eigenvalue weighted by Crippen LogP contribution is 2.42. The van der Waals surface area contributed by atoms with Crippen LogP contribution < -0.4 is 14.8 Å². The molecule has 154 valence electrons. The smallest absolute Gasteiger partial charge is 0.231 e. The largest absolute Gasteiger partial charge is 0.497 e. The molecule has 4 rings (SSSR count). The van der Waals surface area contributed by atoms with Crippen molar-refractivity contribution in [1.82, 2.24) is 5.32 Å². The van der Waals surface area contributed by atoms with Gasteiger partial charge in [-0.05, 0) is 50.5 Å². The van der Waals surface area contributed by atoms with Crippen LogP contribution in [0.4, 0.5) is 0 Å². The van der Waals surface area contributed by atoms with E-state index in [-0.39, 0.29) is 17.6 Å². The Bertz CT molecular complexity index is 872. The molecule has 1 fully saturated rings. The van der Waals surface area contributed by atoms with E-state index in [0.717, 1.165) is 22.6 Å². The van der Waals surface area contributed by atoms with E-state index in [1.54, 1.807) is 7.11 Å². The molecule has 1 saturated heterocycles. The van der Waals surface area contributed by atoms with Crippen LogP contribution in [0.2, 0.25) is 0 Å². The minimum Gasteiger partial charge on any atom is -0.497 e. The second-order valence-corrected chi connectivity index (χ2v) is 8.56. The number of nitrogens with one attached hydrogen (secondary N) is 1. The first kappa shape index (κ1) is 19.8. The second kappa shape index (κ2) is 7.71. The van der Waals surface area contributed by atoms with Crippen LogP contribution in [0, 0.1) is 0 Å². The minimum absolute atomic E-state index is 0.0588. The molecule has 1 N–H and O–H groups in total. The molecule has 0 bridgehead atoms. The van der Waals surface area contributed by atoms with E-state index < -0.39 is 5.41 Å². The lowest BCUT2D eigenvalue weighted by Gasteiger charge is -2.41. The van der Waals surface area contributed by atoms with Crippen molar-refractivity contribution in [1.29, 1.82) is 0 Å². The molecule has 2 aromatic rings. The molecule has 5 heteroatoms. The van der Waals surface area contributed by atoms with E-state index in [1.807, 2.05) is 36.4 Å². The van der Waals surface area contributed by atoms with Crippen molar-refractivity contribution in [3.8, 4) is 11.5 Å². The number of hydrogen-bond acceptors (Lipinski definition) is 4. The lowest BCUT2D eigenvalue weighted by Crippen LogP contribution is -2.51. The number of methoxy groups -OCH3 is 1. The molecule has 1 amide bonds. The number of carbonyl (C=O) groups is 1. The fourth-order valence-electron chi connectivity index (χ4n) is 4.51. The van der Waals surface area contributed by atoms with Crippen molar-refractivity contribution in [2.45, 2.75) is 50.2 Å². The van der Waals surface area contributed by atoms with Crippen molar-refractivity contribution in [2.75, 3.05) is 20.3 Å². The van der Waals surface area contributed by atoms with Gasteiger partial charge in [0, 0.05) is 25.2 Å². The number of fused-ring (bicyclic) bond motifs is 1. The molecular weight excluding hydrogens is 366 g/mol. The van der Waals surface area contributed by atoms with E-state index in [0.29, 0.717) is 32.5 Å². The summed E-state index contributed by atoms with van der Waals surface area (Å²) in [7, 11) is 1.65. The average Bonchev–Trinajstić information content (AvgIpc) is 2.74. The zero-order chi connectivity index (χ0) is 20.5. The van der Waals surface area contributed by atoms with E-state index in [9.17, 15) is 4.79 Å². The summed E-state index contributed by atoms with van der Waals surface area (Å²) in [5, 5.41) is 3.36. The van der Waals surface area contributed by atoms with Gasteiger partial charge in [0.25, 0.3) is 0 Å². The highest BCUT2D eigenvalue weighted by Gasteiger charge is 2.44. The van der Waals surface area contributed by atoms with Crippen LogP contribution in [0.3, 0.4) is 0 Å². The van der Waals surface area contributed by atoms with Gasteiger partial charge in [0.15, 0.2) is 0 Å². The average molecular weight is 395 g/mol. The van der Waals surface area contributed by atoms with E-state index in [1.165, 1.54) is 0 Å². The molecule has 0 aromatic heterocycles. The van der Waals surface area contributed by atoms with Crippen LogP contribution in [0.15, 0.2) is 48.5 Å². The summed E-state index contributed by atoms with van der Waals surface area (Å²) in [5.41, 5.74) is 1.08. The Morgan fingerprint density at radius 3 is 2.52 bits per heavy atom. The standard InChI is InChI=1S/C24H29NO4/c1-23(2)16-20(19-15-18(27-3)9-10-21(19)29-23)25-22(26)24(11-13-28-14-12-24)17-7-5-4-6-8-17/h4-10,15,20H,11-14,16H2,1-3H3,(H,25,26)/t20-/m1/s1. The summed E-state index contributed by atoms with van der Waals surface area (Å²) in [6, 6.07) is 15.7. The maximum atomic E-state index is 13.7. The zero-order valence-corrected chi connectivity index (χ0v) is 17.4. The van der Waals surface area contributed by atoms with Crippen LogP contribution in [0.1, 0.15) is 50.3 Å². The summed E-state index contributed by atoms with van der Waals surface area (Å²) in [6.45, 7) is 5.29. The zero-order valence-electron chi connectivity index (χ0n) is 17.4. The van der Waals surface area contributed by atoms with Gasteiger partial charge in [-0.2, -0.15) is 0 Å². The third-order valence-corrected chi connectivity index (χ3v) is 6.09. The fourth-order valence-corrected chi connectivity index (χ4v) is 4.51. The summed E-state index contributed by atoms with van der Waals surface area (Å²) < 4.78 is 17.2. The molecule has 29 heavy (non-hydrogen) atoms. The topological polar surface area (TPSA) is 56.8 Å². The third kappa shape index (κ3) is 3.84. The van der Waals surface area contributed by atoms with Crippen molar-refractivity contribution in [3.05, 3.63) is 59.7 Å². The number of rotatable bonds is 4. The number of hydrogen-bond donors (Lipinski definition) is 1. The summed E-state index contributed by atoms with van der Waals surface area (Å²) in [5.74, 6) is 1.62. The molecule has 2 heterocycles. The quantitative estimate of drug-likeness (QED) is 0.845. The normalized spacial score (nSPS) is 22.1. The first-order chi connectivity index (χ1) is 13.9. The van der Waals surface area contributed by atoms with Crippen molar-refractivity contribution in [2.24, 2.45) is 0 Å². The second-order valence-electron chi connectivity index (χ2n) is 8.56. The maximum Gasteiger partial charge on any atom is 0.231 e. The van der Waals surface area contributed by atoms with Gasteiger partial charge in [-0.1, -0.05) is 30.3 Å². The Morgan fingerprint density at radius 1 is 1.10 bits per heavy atom. The van der Waals surface area contributed by atoms with Gasteiger partial charge in [-0.3, -0.25) is 4.79 Å². The lowest BCUT2D eigenvalue weighted by molar-refractivity contribution is -0.131. The van der Waals surface area contributed by atoms with E-state index >= 15 is 0 Å². The molecule has 2 aliphatic rings. The van der Waals surface area contributed by atoms with Crippen LogP contribution in [0.25, 0.3) is 0 Å². The molecular formula is C24H29NO4. The summed E-state index contributed by atoms with van der Waals surface area (Å²) in [4.78, 5) is 13.7. The van der Waals surface area contributed by atoms with E-state index in [2.05, 4.69) is 31.3 Å². The molecule has 0 radical (unpaired) electrons. The molecule has 1 atom stereocenters. The summed E-state index contributed by atoms with van der Waals surface area (Å²) >= 11 is 0. The Kier molecular flexibility index (Phi) is 5.26. The third-order valence-electron chi connectivity index (χ3n) is 6.09. The molecule has 0 aliphatic carbocycles. The Balaban J connectivity index is 1.68. The van der Waals surface area contributed by atoms with Gasteiger partial charge >= 0.3 is 0 Å². The summed E-state index contributed by atoms with van der Waals surface area (Å²) in [6.07, 6.45) is 2.06. The maximum absolute atomic E-state index is 13.7. The molecule has 0 unspecified atom stereocenters. The van der Waals surface area contributed by atoms with Crippen LogP contribution in [-0.2, 0) is 14.9 Å². The SMILES string of the molecule is COc1ccc2c(c1)[C@H](NC(=O)C1(c3ccccc3)CCOCC1)CC(C)(C)O2. The number of benzene rings is 2. The lowest BCUT2D eigenvalue weighted by atomic mass is 9.73. The van der Waals surface area contributed by atoms with Gasteiger partial charge in [0.2, 0.25) is 5.91 Å². The number of carbonyl (C=O) groups excluding carboxylic acids is 1. The molecule has 0 saturated carbocycles. The first-order valence-electron chi connectivity index (χ1n) is 10.2. The highest BCUT2D eigenvalue weighted by molar-refractivity contribution is 5.89. The molecule has 2 aliphatic heterocycles. The monoisotopic (exact) mass is 395 g/mol. The van der Waals surface area contributed by atoms with Crippen molar-refractivity contribution >= 4 is 5.91 Å². The Hall–Kier alpha value is -2.53. The van der Waals surface area contributed by atoms with Gasteiger partial charge in [0.1, 0.15) is 17.1 Å². The first-order valence-corrected chi connectivity index (χ1v) is 10.2. The molecule has 0 spiro atoms. The van der Waals surface area contributed by atoms with Gasteiger partial charge in [-0.15, -0.1) is 0 Å². The van der Waals surface area contributed by atoms with Gasteiger partial charge < -0.3 is 19.5 Å². The Labute approximate surface area is 172 Å². The number of amides is 1. The predicted octanol–water partition coefficient (Wildman–Crippen LogP) is 4.16. The van der Waals surface area contributed by atoms with Gasteiger partial charge in [0.05, 0.1) is 18.6 Å². The predicted molar refractivity (Wildman–Crippen MR) is 111 cm³/mol. The fraction of sp³-hybridized carbons (Fsp3) is 0.458. The van der Waals surface area contributed by atoms with Crippen LogP contribution >= 0.6 is 0 Å². The van der Waals surface area contributed by atoms with Crippen molar-refractivity contribution in [3.63, 3.8) is 0 Å². The highest BCUT2D eigenvalue weighted by atomic mass is 16.5. The van der Waals surface area contributed by atoms with Crippen LogP contribution in [-0.4, -0.2) is 31.8 Å². The Morgan fingerprint density at radius 2 is 1.83 bits per heavy atom. The molecule has 2 aromatic carbocycles. The molecule has 5 nitrogen and oxygen atoms in total. The van der Waals surface area contributed by atoms with Crippen molar-refractivity contribution < 1.29 is 19.0 Å². The van der Waals surface area contributed by atoms with Gasteiger partial charge in [-0.25, -0.2) is 0 Å². The minimum atomic E-state index is -0.568. The van der Waals surface area contributed by atoms with E-state index in [4.69, 9.17) is 14.2 Å². The van der Waals surface area contributed by atoms with Crippen LogP contribution in [0.5, 0.6) is 11.5 Å². The number of ether oxygens (including phenoxy) is 3.